The van der Waals surface area contributed by atoms with Gasteiger partial charge in [-0.2, -0.15) is 0 Å². The molecule has 0 atom stereocenters. The molecular formula is C19H28N2O3. The van der Waals surface area contributed by atoms with Crippen molar-refractivity contribution in [2.24, 2.45) is 5.92 Å². The normalized spacial score (nSPS) is 15.2. The Labute approximate surface area is 144 Å². The monoisotopic (exact) mass is 332 g/mol. The minimum atomic E-state index is -0.0101. The first-order valence-corrected chi connectivity index (χ1v) is 8.82. The zero-order chi connectivity index (χ0) is 17.4. The lowest BCUT2D eigenvalue weighted by atomic mass is 9.95. The number of piperidine rings is 1. The Morgan fingerprint density at radius 1 is 1.21 bits per heavy atom. The van der Waals surface area contributed by atoms with Gasteiger partial charge in [0.2, 0.25) is 5.91 Å². The maximum atomic E-state index is 12.4. The Balaban J connectivity index is 1.73. The summed E-state index contributed by atoms with van der Waals surface area (Å²) in [4.78, 5) is 28.3. The highest BCUT2D eigenvalue weighted by atomic mass is 16.5. The van der Waals surface area contributed by atoms with Gasteiger partial charge in [-0.25, -0.2) is 0 Å². The van der Waals surface area contributed by atoms with Crippen LogP contribution in [0.1, 0.15) is 32.6 Å². The number of unbranched alkanes of at least 4 members (excludes halogenated alkanes) is 1. The molecule has 1 fully saturated rings. The second kappa shape index (κ2) is 9.30. The van der Waals surface area contributed by atoms with Crippen LogP contribution in [0.15, 0.2) is 30.3 Å². The van der Waals surface area contributed by atoms with Gasteiger partial charge in [0.05, 0.1) is 0 Å². The predicted molar refractivity (Wildman–Crippen MR) is 93.8 cm³/mol. The Kier molecular flexibility index (Phi) is 7.09. The fourth-order valence-corrected chi connectivity index (χ4v) is 2.95. The molecule has 0 unspecified atom stereocenters. The third-order valence-corrected chi connectivity index (χ3v) is 4.53. The topological polar surface area (TPSA) is 49.9 Å². The number of amides is 2. The zero-order valence-corrected chi connectivity index (χ0v) is 14.7. The summed E-state index contributed by atoms with van der Waals surface area (Å²) < 4.78 is 5.51. The largest absolute Gasteiger partial charge is 0.484 e. The molecule has 0 spiro atoms. The first-order valence-electron chi connectivity index (χ1n) is 8.82. The molecule has 0 aliphatic carbocycles. The van der Waals surface area contributed by atoms with Gasteiger partial charge in [0, 0.05) is 32.6 Å². The van der Waals surface area contributed by atoms with Gasteiger partial charge in [0.15, 0.2) is 6.61 Å². The van der Waals surface area contributed by atoms with Crippen molar-refractivity contribution in [1.29, 1.82) is 0 Å². The highest BCUT2D eigenvalue weighted by Gasteiger charge is 2.28. The lowest BCUT2D eigenvalue weighted by Gasteiger charge is -2.33. The maximum absolute atomic E-state index is 12.4. The molecule has 132 valence electrons. The number of carbonyl (C=O) groups excluding carboxylic acids is 2. The Hall–Kier alpha value is -2.04. The number of likely N-dealkylation sites (tertiary alicyclic amines) is 1. The number of hydrogen-bond acceptors (Lipinski definition) is 3. The molecule has 2 amide bonds. The Morgan fingerprint density at radius 3 is 2.50 bits per heavy atom. The zero-order valence-electron chi connectivity index (χ0n) is 14.7. The molecule has 0 bridgehead atoms. The molecule has 0 N–H and O–H groups in total. The van der Waals surface area contributed by atoms with E-state index in [1.54, 1.807) is 4.90 Å². The van der Waals surface area contributed by atoms with Gasteiger partial charge in [0.1, 0.15) is 5.75 Å². The van der Waals surface area contributed by atoms with Crippen molar-refractivity contribution in [2.75, 3.05) is 33.3 Å². The van der Waals surface area contributed by atoms with E-state index in [-0.39, 0.29) is 24.3 Å². The maximum Gasteiger partial charge on any atom is 0.260 e. The van der Waals surface area contributed by atoms with E-state index >= 15 is 0 Å². The second-order valence-electron chi connectivity index (χ2n) is 6.37. The van der Waals surface area contributed by atoms with Gasteiger partial charge in [-0.15, -0.1) is 0 Å². The highest BCUT2D eigenvalue weighted by Crippen LogP contribution is 2.20. The van der Waals surface area contributed by atoms with Gasteiger partial charge in [0.25, 0.3) is 5.91 Å². The summed E-state index contributed by atoms with van der Waals surface area (Å²) in [5.74, 6) is 0.958. The van der Waals surface area contributed by atoms with Crippen molar-refractivity contribution < 1.29 is 14.3 Å². The van der Waals surface area contributed by atoms with Gasteiger partial charge < -0.3 is 14.5 Å². The van der Waals surface area contributed by atoms with Crippen LogP contribution in [0.5, 0.6) is 5.75 Å². The number of rotatable bonds is 7. The fourth-order valence-electron chi connectivity index (χ4n) is 2.95. The van der Waals surface area contributed by atoms with E-state index in [1.165, 1.54) is 0 Å². The molecule has 0 radical (unpaired) electrons. The lowest BCUT2D eigenvalue weighted by Crippen LogP contribution is -2.45. The van der Waals surface area contributed by atoms with Gasteiger partial charge in [-0.05, 0) is 31.4 Å². The summed E-state index contributed by atoms with van der Waals surface area (Å²) in [6.07, 6.45) is 3.61. The van der Waals surface area contributed by atoms with E-state index in [9.17, 15) is 9.59 Å². The van der Waals surface area contributed by atoms with Crippen LogP contribution in [0.25, 0.3) is 0 Å². The third kappa shape index (κ3) is 5.25. The van der Waals surface area contributed by atoms with Crippen molar-refractivity contribution in [2.45, 2.75) is 32.6 Å². The van der Waals surface area contributed by atoms with E-state index in [1.807, 2.05) is 42.3 Å². The molecule has 1 aliphatic rings. The van der Waals surface area contributed by atoms with E-state index in [2.05, 4.69) is 6.92 Å². The molecular weight excluding hydrogens is 304 g/mol. The average Bonchev–Trinajstić information content (AvgIpc) is 2.64. The molecule has 1 saturated heterocycles. The standard InChI is InChI=1S/C19H28N2O3/c1-3-4-12-20(2)19(23)16-10-13-21(14-11-16)18(22)15-24-17-8-6-5-7-9-17/h5-9,16H,3-4,10-15H2,1-2H3. The molecule has 2 rings (SSSR count). The van der Waals surface area contributed by atoms with Crippen LogP contribution >= 0.6 is 0 Å². The van der Waals surface area contributed by atoms with Gasteiger partial charge >= 0.3 is 0 Å². The van der Waals surface area contributed by atoms with Crippen molar-refractivity contribution in [3.63, 3.8) is 0 Å². The van der Waals surface area contributed by atoms with Gasteiger partial charge in [-0.3, -0.25) is 9.59 Å². The quantitative estimate of drug-likeness (QED) is 0.771. The number of carbonyl (C=O) groups is 2. The number of para-hydroxylation sites is 1. The van der Waals surface area contributed by atoms with Crippen molar-refractivity contribution >= 4 is 11.8 Å². The number of ether oxygens (including phenoxy) is 1. The van der Waals surface area contributed by atoms with E-state index in [0.717, 1.165) is 32.2 Å². The molecule has 1 aromatic carbocycles. The Bertz CT molecular complexity index is 525. The first kappa shape index (κ1) is 18.3. The fraction of sp³-hybridized carbons (Fsp3) is 0.579. The van der Waals surface area contributed by atoms with Crippen LogP contribution in [0, 0.1) is 5.92 Å². The van der Waals surface area contributed by atoms with Crippen molar-refractivity contribution in [3.05, 3.63) is 30.3 Å². The van der Waals surface area contributed by atoms with Crippen LogP contribution in [-0.2, 0) is 9.59 Å². The van der Waals surface area contributed by atoms with Gasteiger partial charge in [-0.1, -0.05) is 31.5 Å². The molecule has 5 heteroatoms. The molecule has 0 aromatic heterocycles. The van der Waals surface area contributed by atoms with Crippen LogP contribution in [0.3, 0.4) is 0 Å². The summed E-state index contributed by atoms with van der Waals surface area (Å²) in [6, 6.07) is 9.35. The van der Waals surface area contributed by atoms with E-state index in [4.69, 9.17) is 4.74 Å². The van der Waals surface area contributed by atoms with E-state index in [0.29, 0.717) is 18.8 Å². The highest BCUT2D eigenvalue weighted by molar-refractivity contribution is 5.80. The molecule has 1 aromatic rings. The van der Waals surface area contributed by atoms with Crippen LogP contribution < -0.4 is 4.74 Å². The third-order valence-electron chi connectivity index (χ3n) is 4.53. The number of nitrogens with zero attached hydrogens (tertiary/aromatic N) is 2. The average molecular weight is 332 g/mol. The molecule has 1 heterocycles. The summed E-state index contributed by atoms with van der Waals surface area (Å²) in [5, 5.41) is 0. The summed E-state index contributed by atoms with van der Waals surface area (Å²) in [5.41, 5.74) is 0. The number of benzene rings is 1. The second-order valence-corrected chi connectivity index (χ2v) is 6.37. The van der Waals surface area contributed by atoms with Crippen LogP contribution in [-0.4, -0.2) is 54.9 Å². The summed E-state index contributed by atoms with van der Waals surface area (Å²) >= 11 is 0. The number of hydrogen-bond donors (Lipinski definition) is 0. The van der Waals surface area contributed by atoms with Crippen molar-refractivity contribution in [3.8, 4) is 5.75 Å². The van der Waals surface area contributed by atoms with E-state index < -0.39 is 0 Å². The van der Waals surface area contributed by atoms with Crippen LogP contribution in [0.4, 0.5) is 0 Å². The Morgan fingerprint density at radius 2 is 1.88 bits per heavy atom. The molecule has 1 aliphatic heterocycles. The SMILES string of the molecule is CCCCN(C)C(=O)C1CCN(C(=O)COc2ccccc2)CC1. The first-order chi connectivity index (χ1) is 11.6. The molecule has 24 heavy (non-hydrogen) atoms. The molecule has 0 saturated carbocycles. The smallest absolute Gasteiger partial charge is 0.260 e. The minimum Gasteiger partial charge on any atom is -0.484 e. The van der Waals surface area contributed by atoms with Crippen LogP contribution in [0.2, 0.25) is 0 Å². The lowest BCUT2D eigenvalue weighted by molar-refractivity contribution is -0.140. The summed E-state index contributed by atoms with van der Waals surface area (Å²) in [7, 11) is 1.88. The predicted octanol–water partition coefficient (Wildman–Crippen LogP) is 2.56. The minimum absolute atomic E-state index is 0.0101. The summed E-state index contributed by atoms with van der Waals surface area (Å²) in [6.45, 7) is 4.27. The van der Waals surface area contributed by atoms with Crippen molar-refractivity contribution in [1.82, 2.24) is 9.80 Å². The molecule has 5 nitrogen and oxygen atoms in total.